The number of fused-ring (bicyclic) bond motifs is 1. The highest BCUT2D eigenvalue weighted by molar-refractivity contribution is 5.42. The van der Waals surface area contributed by atoms with Crippen LogP contribution in [0.5, 0.6) is 0 Å². The molecule has 0 spiro atoms. The van der Waals surface area contributed by atoms with Gasteiger partial charge in [0.15, 0.2) is 11.6 Å². The van der Waals surface area contributed by atoms with Crippen molar-refractivity contribution in [2.75, 3.05) is 18.0 Å². The van der Waals surface area contributed by atoms with Crippen LogP contribution in [0.4, 0.5) is 10.2 Å². The lowest BCUT2D eigenvalue weighted by Gasteiger charge is -2.27. The molecule has 0 radical (unpaired) electrons. The molecule has 5 heteroatoms. The van der Waals surface area contributed by atoms with Gasteiger partial charge in [-0.1, -0.05) is 6.92 Å². The average molecular weight is 264 g/mol. The Morgan fingerprint density at radius 1 is 1.32 bits per heavy atom. The maximum Gasteiger partial charge on any atom is 0.187 e. The predicted octanol–water partition coefficient (Wildman–Crippen LogP) is 1.74. The van der Waals surface area contributed by atoms with Gasteiger partial charge in [0.2, 0.25) is 0 Å². The van der Waals surface area contributed by atoms with Gasteiger partial charge < -0.3 is 10.6 Å². The van der Waals surface area contributed by atoms with Gasteiger partial charge in [-0.05, 0) is 37.5 Å². The van der Waals surface area contributed by atoms with Crippen molar-refractivity contribution in [3.63, 3.8) is 0 Å². The predicted molar refractivity (Wildman–Crippen MR) is 72.4 cm³/mol. The summed E-state index contributed by atoms with van der Waals surface area (Å²) in [4.78, 5) is 10.2. The zero-order chi connectivity index (χ0) is 13.4. The van der Waals surface area contributed by atoms with Crippen molar-refractivity contribution in [2.45, 2.75) is 38.6 Å². The zero-order valence-corrected chi connectivity index (χ0v) is 11.3. The van der Waals surface area contributed by atoms with Crippen molar-refractivity contribution in [2.24, 2.45) is 17.6 Å². The summed E-state index contributed by atoms with van der Waals surface area (Å²) in [6.07, 6.45) is 5.41. The third kappa shape index (κ3) is 2.31. The van der Waals surface area contributed by atoms with E-state index in [1.165, 1.54) is 6.33 Å². The van der Waals surface area contributed by atoms with Gasteiger partial charge in [0.1, 0.15) is 6.33 Å². The Morgan fingerprint density at radius 2 is 2.11 bits per heavy atom. The maximum atomic E-state index is 14.3. The van der Waals surface area contributed by atoms with E-state index in [1.54, 1.807) is 0 Å². The Labute approximate surface area is 113 Å². The number of nitrogens with zero attached hydrogens (tertiary/aromatic N) is 3. The van der Waals surface area contributed by atoms with Gasteiger partial charge in [-0.25, -0.2) is 14.4 Å². The molecule has 4 nitrogen and oxygen atoms in total. The molecule has 1 unspecified atom stereocenters. The topological polar surface area (TPSA) is 55.0 Å². The summed E-state index contributed by atoms with van der Waals surface area (Å²) in [6.45, 7) is 3.71. The third-order valence-corrected chi connectivity index (χ3v) is 4.57. The summed E-state index contributed by atoms with van der Waals surface area (Å²) in [6, 6.07) is 0.322. The van der Waals surface area contributed by atoms with E-state index in [0.717, 1.165) is 32.4 Å². The fourth-order valence-electron chi connectivity index (χ4n) is 3.50. The van der Waals surface area contributed by atoms with Crippen LogP contribution in [0.3, 0.4) is 0 Å². The minimum absolute atomic E-state index is 0.243. The van der Waals surface area contributed by atoms with Crippen molar-refractivity contribution in [1.29, 1.82) is 0 Å². The average Bonchev–Trinajstić information content (AvgIpc) is 2.81. The van der Waals surface area contributed by atoms with Crippen LogP contribution in [0.1, 0.15) is 31.9 Å². The smallest absolute Gasteiger partial charge is 0.187 e. The first-order valence-electron chi connectivity index (χ1n) is 7.19. The van der Waals surface area contributed by atoms with Crippen LogP contribution in [-0.4, -0.2) is 29.1 Å². The first kappa shape index (κ1) is 12.8. The molecule has 3 atom stereocenters. The van der Waals surface area contributed by atoms with Gasteiger partial charge in [0, 0.05) is 19.1 Å². The summed E-state index contributed by atoms with van der Waals surface area (Å²) in [5, 5.41) is 0. The standard InChI is InChI=1S/C14H21FN4/c1-2-12-13(15)14(18-8-17-12)19-6-9-3-4-11(16)5-10(9)7-19/h8-11H,2-7,16H2,1H3/t9-,10+,11?/m1/s1. The lowest BCUT2D eigenvalue weighted by molar-refractivity contribution is 0.271. The van der Waals surface area contributed by atoms with Crippen LogP contribution in [-0.2, 0) is 6.42 Å². The van der Waals surface area contributed by atoms with Gasteiger partial charge in [0.05, 0.1) is 5.69 Å². The molecule has 2 heterocycles. The minimum Gasteiger partial charge on any atom is -0.354 e. The molecule has 1 saturated heterocycles. The molecule has 104 valence electrons. The molecule has 1 aliphatic heterocycles. The molecule has 1 aromatic heterocycles. The van der Waals surface area contributed by atoms with E-state index in [0.29, 0.717) is 35.8 Å². The monoisotopic (exact) mass is 264 g/mol. The number of aromatic nitrogens is 2. The summed E-state index contributed by atoms with van der Waals surface area (Å²) in [5.74, 6) is 1.49. The highest BCUT2D eigenvalue weighted by atomic mass is 19.1. The second-order valence-corrected chi connectivity index (χ2v) is 5.81. The normalized spacial score (nSPS) is 30.5. The van der Waals surface area contributed by atoms with Gasteiger partial charge in [-0.3, -0.25) is 0 Å². The van der Waals surface area contributed by atoms with Gasteiger partial charge in [-0.15, -0.1) is 0 Å². The molecule has 3 rings (SSSR count). The summed E-state index contributed by atoms with van der Waals surface area (Å²) < 4.78 is 14.3. The highest BCUT2D eigenvalue weighted by Crippen LogP contribution is 2.37. The lowest BCUT2D eigenvalue weighted by Crippen LogP contribution is -2.32. The number of aryl methyl sites for hydroxylation is 1. The second kappa shape index (κ2) is 5.04. The van der Waals surface area contributed by atoms with E-state index in [4.69, 9.17) is 5.73 Å². The third-order valence-electron chi connectivity index (χ3n) is 4.57. The largest absolute Gasteiger partial charge is 0.354 e. The van der Waals surface area contributed by atoms with E-state index in [2.05, 4.69) is 14.9 Å². The highest BCUT2D eigenvalue weighted by Gasteiger charge is 2.38. The molecular weight excluding hydrogens is 243 g/mol. The molecule has 1 saturated carbocycles. The fourth-order valence-corrected chi connectivity index (χ4v) is 3.50. The van der Waals surface area contributed by atoms with E-state index in [9.17, 15) is 4.39 Å². The number of hydrogen-bond acceptors (Lipinski definition) is 4. The number of nitrogens with two attached hydrogens (primary N) is 1. The van der Waals surface area contributed by atoms with Gasteiger partial charge >= 0.3 is 0 Å². The van der Waals surface area contributed by atoms with Crippen LogP contribution in [0.2, 0.25) is 0 Å². The molecule has 1 aromatic rings. The summed E-state index contributed by atoms with van der Waals surface area (Å²) in [7, 11) is 0. The fraction of sp³-hybridized carbons (Fsp3) is 0.714. The Hall–Kier alpha value is -1.23. The maximum absolute atomic E-state index is 14.3. The molecular formula is C14H21FN4. The van der Waals surface area contributed by atoms with Crippen molar-refractivity contribution in [1.82, 2.24) is 9.97 Å². The van der Waals surface area contributed by atoms with E-state index in [1.807, 2.05) is 6.92 Å². The Bertz CT molecular complexity index is 465. The molecule has 0 bridgehead atoms. The van der Waals surface area contributed by atoms with Crippen LogP contribution >= 0.6 is 0 Å². The lowest BCUT2D eigenvalue weighted by atomic mass is 9.79. The minimum atomic E-state index is -0.243. The van der Waals surface area contributed by atoms with Gasteiger partial charge in [-0.2, -0.15) is 0 Å². The molecule has 2 N–H and O–H groups in total. The van der Waals surface area contributed by atoms with Crippen molar-refractivity contribution in [3.8, 4) is 0 Å². The summed E-state index contributed by atoms with van der Waals surface area (Å²) in [5.41, 5.74) is 6.54. The summed E-state index contributed by atoms with van der Waals surface area (Å²) >= 11 is 0. The van der Waals surface area contributed by atoms with E-state index < -0.39 is 0 Å². The molecule has 0 aromatic carbocycles. The number of halogens is 1. The number of hydrogen-bond donors (Lipinski definition) is 1. The first-order valence-corrected chi connectivity index (χ1v) is 7.19. The quantitative estimate of drug-likeness (QED) is 0.884. The van der Waals surface area contributed by atoms with E-state index >= 15 is 0 Å². The Kier molecular flexibility index (Phi) is 3.39. The Morgan fingerprint density at radius 3 is 2.89 bits per heavy atom. The van der Waals surface area contributed by atoms with Crippen molar-refractivity contribution < 1.29 is 4.39 Å². The molecule has 19 heavy (non-hydrogen) atoms. The molecule has 2 aliphatic rings. The van der Waals surface area contributed by atoms with Crippen molar-refractivity contribution >= 4 is 5.82 Å². The van der Waals surface area contributed by atoms with Crippen molar-refractivity contribution in [3.05, 3.63) is 17.8 Å². The first-order chi connectivity index (χ1) is 9.19. The van der Waals surface area contributed by atoms with Crippen LogP contribution in [0.15, 0.2) is 6.33 Å². The molecule has 0 amide bonds. The Balaban J connectivity index is 1.81. The van der Waals surface area contributed by atoms with Crippen LogP contribution < -0.4 is 10.6 Å². The molecule has 2 fully saturated rings. The van der Waals surface area contributed by atoms with Crippen LogP contribution in [0, 0.1) is 17.7 Å². The van der Waals surface area contributed by atoms with Crippen LogP contribution in [0.25, 0.3) is 0 Å². The zero-order valence-electron chi connectivity index (χ0n) is 11.3. The van der Waals surface area contributed by atoms with Gasteiger partial charge in [0.25, 0.3) is 0 Å². The number of anilines is 1. The SMILES string of the molecule is CCc1ncnc(N2C[C@H]3CCC(N)C[C@H]3C2)c1F. The second-order valence-electron chi connectivity index (χ2n) is 5.81. The molecule has 1 aliphatic carbocycles. The van der Waals surface area contributed by atoms with E-state index in [-0.39, 0.29) is 5.82 Å². The number of rotatable bonds is 2.